The summed E-state index contributed by atoms with van der Waals surface area (Å²) in [5, 5.41) is 5.03. The molecule has 15 rings (SSSR count). The fourth-order valence-electron chi connectivity index (χ4n) is 12.8. The Kier molecular flexibility index (Phi) is 12.0. The Morgan fingerprint density at radius 1 is 0.287 bits per heavy atom. The Morgan fingerprint density at radius 3 is 1.30 bits per heavy atom. The van der Waals surface area contributed by atoms with Gasteiger partial charge in [0, 0.05) is 32.9 Å². The molecule has 0 amide bonds. The summed E-state index contributed by atoms with van der Waals surface area (Å²) in [4.78, 5) is 0. The predicted octanol–water partition coefficient (Wildman–Crippen LogP) is 21.4. The first-order valence-corrected chi connectivity index (χ1v) is 28.5. The fraction of sp³-hybridized carbons (Fsp3) is 0.0769. The highest BCUT2D eigenvalue weighted by atomic mass is 15.0. The number of hydrogen-bond acceptors (Lipinski definition) is 0. The van der Waals surface area contributed by atoms with Crippen LogP contribution in [0.25, 0.3) is 127 Å². The van der Waals surface area contributed by atoms with Crippen molar-refractivity contribution in [3.8, 4) is 61.3 Å². The van der Waals surface area contributed by atoms with Crippen molar-refractivity contribution < 1.29 is 0 Å². The molecule has 0 bridgehead atoms. The molecule has 0 saturated heterocycles. The zero-order valence-corrected chi connectivity index (χ0v) is 44.7. The van der Waals surface area contributed by atoms with Gasteiger partial charge in [-0.3, -0.25) is 0 Å². The van der Waals surface area contributed by atoms with E-state index >= 15 is 0 Å². The second-order valence-electron chi connectivity index (χ2n) is 21.7. The van der Waals surface area contributed by atoms with Gasteiger partial charge in [0.15, 0.2) is 0 Å². The Bertz CT molecular complexity index is 4610. The third kappa shape index (κ3) is 8.62. The van der Waals surface area contributed by atoms with Crippen molar-refractivity contribution in [2.45, 2.75) is 38.5 Å². The van der Waals surface area contributed by atoms with Crippen molar-refractivity contribution in [1.29, 1.82) is 0 Å². The summed E-state index contributed by atoms with van der Waals surface area (Å²) in [6.07, 6.45) is 25.1. The van der Waals surface area contributed by atoms with Crippen LogP contribution in [0.15, 0.2) is 279 Å². The van der Waals surface area contributed by atoms with Crippen LogP contribution in [0.3, 0.4) is 0 Å². The lowest BCUT2D eigenvalue weighted by molar-refractivity contribution is 1.04. The molecule has 0 atom stereocenters. The van der Waals surface area contributed by atoms with Crippen molar-refractivity contribution in [2.75, 3.05) is 0 Å². The number of benzene rings is 10. The maximum atomic E-state index is 2.51. The predicted molar refractivity (Wildman–Crippen MR) is 342 cm³/mol. The van der Waals surface area contributed by atoms with Gasteiger partial charge in [0.25, 0.3) is 0 Å². The highest BCUT2D eigenvalue weighted by molar-refractivity contribution is 6.26. The van der Waals surface area contributed by atoms with Crippen LogP contribution < -0.4 is 0 Å². The van der Waals surface area contributed by atoms with E-state index in [1.807, 2.05) is 0 Å². The van der Waals surface area contributed by atoms with Crippen LogP contribution in [0.1, 0.15) is 55.2 Å². The molecular weight excluding hydrogens is 965 g/mol. The van der Waals surface area contributed by atoms with Gasteiger partial charge in [-0.05, 0) is 188 Å². The molecule has 12 aromatic rings. The monoisotopic (exact) mass is 1020 g/mol. The molecule has 0 N–H and O–H groups in total. The first kappa shape index (κ1) is 47.5. The van der Waals surface area contributed by atoms with Gasteiger partial charge < -0.3 is 9.13 Å². The highest BCUT2D eigenvalue weighted by Gasteiger charge is 2.23. The lowest BCUT2D eigenvalue weighted by atomic mass is 9.92. The molecule has 0 fully saturated rings. The van der Waals surface area contributed by atoms with Crippen LogP contribution in [0, 0.1) is 0 Å². The van der Waals surface area contributed by atoms with E-state index < -0.39 is 0 Å². The van der Waals surface area contributed by atoms with Crippen LogP contribution >= 0.6 is 0 Å². The van der Waals surface area contributed by atoms with Crippen molar-refractivity contribution in [1.82, 2.24) is 9.13 Å². The van der Waals surface area contributed by atoms with E-state index in [4.69, 9.17) is 0 Å². The Morgan fingerprint density at radius 2 is 0.750 bits per heavy atom. The van der Waals surface area contributed by atoms with Gasteiger partial charge in [0.05, 0.1) is 22.1 Å². The van der Waals surface area contributed by atoms with Crippen LogP contribution in [-0.4, -0.2) is 9.13 Å². The standard InChI is InChI=1S/C78H58N2/c1-3-17-53(18-4-1)59-21-11-25-63(47-59)65-27-13-23-61(49-65)55-37-41-57(42-38-55)67-29-15-31-69(51-67)79-75-36-10-8-34-73(75)77-76(79)46-45-72-71-33-7-9-35-74(71)80(78(72)77)70-32-16-30-68(52-70)58-43-39-56(40-44-58)62-24-14-28-66(50-62)64-26-12-22-60(48-64)54-19-5-2-6-20-54/h3,5,7-14,16-28,30-52H,1-2,4,6,15,29H2. The molecule has 2 heteroatoms. The van der Waals surface area contributed by atoms with Crippen LogP contribution in [0.4, 0.5) is 0 Å². The smallest absolute Gasteiger partial charge is 0.0641 e. The van der Waals surface area contributed by atoms with Crippen molar-refractivity contribution in [3.05, 3.63) is 296 Å². The molecule has 80 heavy (non-hydrogen) atoms. The Labute approximate surface area is 468 Å². The number of para-hydroxylation sites is 2. The molecule has 0 aliphatic heterocycles. The summed E-state index contributed by atoms with van der Waals surface area (Å²) in [6.45, 7) is 0. The molecule has 3 aliphatic carbocycles. The third-order valence-electron chi connectivity index (χ3n) is 16.8. The summed E-state index contributed by atoms with van der Waals surface area (Å²) in [5.74, 6) is 0. The van der Waals surface area contributed by atoms with Crippen molar-refractivity contribution in [3.63, 3.8) is 0 Å². The van der Waals surface area contributed by atoms with Gasteiger partial charge in [-0.2, -0.15) is 0 Å². The van der Waals surface area contributed by atoms with E-state index in [1.54, 1.807) is 0 Å². The van der Waals surface area contributed by atoms with Gasteiger partial charge >= 0.3 is 0 Å². The fourth-order valence-corrected chi connectivity index (χ4v) is 12.8. The van der Waals surface area contributed by atoms with Gasteiger partial charge in [-0.25, -0.2) is 0 Å². The molecule has 0 spiro atoms. The van der Waals surface area contributed by atoms with Crippen molar-refractivity contribution in [2.24, 2.45) is 0 Å². The van der Waals surface area contributed by atoms with E-state index in [0.717, 1.165) is 44.2 Å². The number of hydrogen-bond donors (Lipinski definition) is 0. The minimum atomic E-state index is 0.971. The second kappa shape index (κ2) is 20.2. The van der Waals surface area contributed by atoms with Gasteiger partial charge in [0.2, 0.25) is 0 Å². The largest absolute Gasteiger partial charge is 0.309 e. The van der Waals surface area contributed by atoms with E-state index in [9.17, 15) is 0 Å². The minimum Gasteiger partial charge on any atom is -0.309 e. The van der Waals surface area contributed by atoms with E-state index in [0.29, 0.717) is 0 Å². The Hall–Kier alpha value is -9.76. The first-order chi connectivity index (χ1) is 39.6. The number of aromatic nitrogens is 2. The van der Waals surface area contributed by atoms with Gasteiger partial charge in [0.1, 0.15) is 0 Å². The topological polar surface area (TPSA) is 9.86 Å². The maximum absolute atomic E-state index is 2.51. The van der Waals surface area contributed by atoms with Crippen LogP contribution in [0.5, 0.6) is 0 Å². The molecule has 2 heterocycles. The average Bonchev–Trinajstić information content (AvgIpc) is 4.08. The van der Waals surface area contributed by atoms with E-state index in [-0.39, 0.29) is 0 Å². The number of nitrogens with zero attached hydrogens (tertiary/aromatic N) is 2. The molecule has 0 saturated carbocycles. The molecule has 2 aromatic heterocycles. The second-order valence-corrected chi connectivity index (χ2v) is 21.7. The zero-order chi connectivity index (χ0) is 52.9. The van der Waals surface area contributed by atoms with Crippen LogP contribution in [0.2, 0.25) is 0 Å². The maximum Gasteiger partial charge on any atom is 0.0641 e. The summed E-state index contributed by atoms with van der Waals surface area (Å²) < 4.78 is 5.03. The third-order valence-corrected chi connectivity index (χ3v) is 16.8. The number of rotatable bonds is 10. The minimum absolute atomic E-state index is 0.971. The Balaban J connectivity index is 0.756. The summed E-state index contributed by atoms with van der Waals surface area (Å²) in [5.41, 5.74) is 27.2. The van der Waals surface area contributed by atoms with Gasteiger partial charge in [-0.1, -0.05) is 218 Å². The molecule has 0 radical (unpaired) electrons. The molecule has 2 nitrogen and oxygen atoms in total. The number of fused-ring (bicyclic) bond motifs is 7. The highest BCUT2D eigenvalue weighted by Crippen LogP contribution is 2.44. The molecule has 10 aromatic carbocycles. The lowest BCUT2D eigenvalue weighted by Gasteiger charge is -2.18. The quantitative estimate of drug-likeness (QED) is 0.129. The molecule has 0 unspecified atom stereocenters. The summed E-state index contributed by atoms with van der Waals surface area (Å²) in [7, 11) is 0. The number of allylic oxidation sites excluding steroid dienone is 12. The van der Waals surface area contributed by atoms with E-state index in [1.165, 1.54) is 138 Å². The summed E-state index contributed by atoms with van der Waals surface area (Å²) >= 11 is 0. The van der Waals surface area contributed by atoms with Gasteiger partial charge in [-0.15, -0.1) is 0 Å². The molecule has 380 valence electrons. The lowest BCUT2D eigenvalue weighted by Crippen LogP contribution is -2.00. The normalized spacial score (nSPS) is 14.4. The zero-order valence-electron chi connectivity index (χ0n) is 44.7. The molecular formula is C78H58N2. The van der Waals surface area contributed by atoms with E-state index in [2.05, 4.69) is 288 Å². The average molecular weight is 1020 g/mol. The first-order valence-electron chi connectivity index (χ1n) is 28.5. The SMILES string of the molecule is C1=CC(c2cccc(-c3cccc(-c4ccc(C5=CC(n6c7ccccc7c7c6ccc6c8ccccc8n(-c8cccc(-c9ccc(-c%10cccc(-c%11cccc(C%12=CCCC=C%12)c%11)c%10)cc9)c8)c67)=CCC5)cc4)c3)c2)=CCC1. The van der Waals surface area contributed by atoms with Crippen LogP contribution in [-0.2, 0) is 0 Å². The summed E-state index contributed by atoms with van der Waals surface area (Å²) in [6, 6.07) is 86.0. The van der Waals surface area contributed by atoms with Crippen molar-refractivity contribution >= 4 is 66.0 Å². The molecule has 3 aliphatic rings.